The van der Waals surface area contributed by atoms with Gasteiger partial charge in [-0.25, -0.2) is 0 Å². The molecule has 2 heterocycles. The Morgan fingerprint density at radius 1 is 0.783 bits per heavy atom. The highest BCUT2D eigenvalue weighted by Gasteiger charge is 2.62. The van der Waals surface area contributed by atoms with E-state index in [1.807, 2.05) is 18.2 Å². The van der Waals surface area contributed by atoms with Gasteiger partial charge in [-0.05, 0) is 87.8 Å². The molecule has 0 unspecified atom stereocenters. The average Bonchev–Trinajstić information content (AvgIpc) is 3.48. The number of imide groups is 2. The van der Waals surface area contributed by atoms with E-state index in [0.29, 0.717) is 27.8 Å². The lowest BCUT2D eigenvalue weighted by atomic mass is 9.57. The number of anilines is 2. The fourth-order valence-electron chi connectivity index (χ4n) is 7.92. The van der Waals surface area contributed by atoms with E-state index in [9.17, 15) is 24.3 Å². The normalized spacial score (nSPS) is 26.8. The highest BCUT2D eigenvalue weighted by molar-refractivity contribution is 9.10. The monoisotopic (exact) mass is 678 g/mol. The molecule has 46 heavy (non-hydrogen) atoms. The van der Waals surface area contributed by atoms with E-state index in [4.69, 9.17) is 4.74 Å². The molecule has 9 heteroatoms. The minimum absolute atomic E-state index is 0.0831. The zero-order valence-corrected chi connectivity index (χ0v) is 26.6. The SMILES string of the molecule is C=Cc1ccc(N2C(=O)[C@H]3[C@H](CC=C4[C@H]3C[C@H]3C(=O)N(c5ccc(C=C)cc5)C(=O)[C@H]3[C@H]4c3cc(Br)c(O)c(OC)c3)C2=O)cc1. The van der Waals surface area contributed by atoms with Crippen molar-refractivity contribution < 1.29 is 29.0 Å². The maximum atomic E-state index is 14.3. The Morgan fingerprint density at radius 2 is 1.33 bits per heavy atom. The van der Waals surface area contributed by atoms with Crippen molar-refractivity contribution in [3.8, 4) is 11.5 Å². The van der Waals surface area contributed by atoms with Gasteiger partial charge >= 0.3 is 0 Å². The van der Waals surface area contributed by atoms with Gasteiger partial charge < -0.3 is 9.84 Å². The molecule has 0 radical (unpaired) electrons. The molecule has 4 amide bonds. The number of methoxy groups -OCH3 is 1. The van der Waals surface area contributed by atoms with Gasteiger partial charge in [0.15, 0.2) is 11.5 Å². The Bertz CT molecular complexity index is 1860. The Hall–Kier alpha value is -4.76. The molecule has 0 bridgehead atoms. The number of ether oxygens (including phenoxy) is 1. The fraction of sp³-hybridized carbons (Fsp3) is 0.243. The van der Waals surface area contributed by atoms with Crippen LogP contribution in [0.2, 0.25) is 0 Å². The second-order valence-corrected chi connectivity index (χ2v) is 13.0. The van der Waals surface area contributed by atoms with Gasteiger partial charge in [0, 0.05) is 5.92 Å². The van der Waals surface area contributed by atoms with Crippen molar-refractivity contribution in [3.05, 3.63) is 107 Å². The van der Waals surface area contributed by atoms with Crippen LogP contribution in [-0.4, -0.2) is 35.8 Å². The summed E-state index contributed by atoms with van der Waals surface area (Å²) in [5.41, 5.74) is 4.22. The summed E-state index contributed by atoms with van der Waals surface area (Å²) in [5, 5.41) is 10.6. The second kappa shape index (κ2) is 11.2. The van der Waals surface area contributed by atoms with E-state index in [2.05, 4.69) is 29.1 Å². The van der Waals surface area contributed by atoms with Crippen LogP contribution in [0.4, 0.5) is 11.4 Å². The van der Waals surface area contributed by atoms with Gasteiger partial charge in [-0.2, -0.15) is 0 Å². The first-order valence-electron chi connectivity index (χ1n) is 15.2. The summed E-state index contributed by atoms with van der Waals surface area (Å²) >= 11 is 3.43. The summed E-state index contributed by atoms with van der Waals surface area (Å²) in [6, 6.07) is 17.6. The third-order valence-electron chi connectivity index (χ3n) is 10.1. The van der Waals surface area contributed by atoms with E-state index in [1.54, 1.807) is 60.7 Å². The molecule has 2 aliphatic carbocycles. The zero-order chi connectivity index (χ0) is 32.4. The molecule has 3 aromatic carbocycles. The summed E-state index contributed by atoms with van der Waals surface area (Å²) in [5.74, 6) is -4.84. The minimum atomic E-state index is -0.749. The molecule has 0 aromatic heterocycles. The van der Waals surface area contributed by atoms with Gasteiger partial charge in [0.2, 0.25) is 23.6 Å². The standard InChI is InChI=1S/C37H31BrN2O6/c1-4-19-6-10-22(11-7-19)39-34(42)25-15-14-24-26(31(25)36(39)44)18-27-32(30(24)21-16-28(38)33(41)29(17-21)46-3)37(45)40(35(27)43)23-12-8-20(5-2)9-13-23/h4-14,16-17,25-27,30-32,41H,1-2,15,18H2,3H3/t25-,26+,27+,30-,31-,32+/m0/s1. The highest BCUT2D eigenvalue weighted by Crippen LogP contribution is 2.59. The summed E-state index contributed by atoms with van der Waals surface area (Å²) in [6.07, 6.45) is 5.97. The van der Waals surface area contributed by atoms with Crippen molar-refractivity contribution in [2.45, 2.75) is 18.8 Å². The highest BCUT2D eigenvalue weighted by atomic mass is 79.9. The van der Waals surface area contributed by atoms with E-state index < -0.39 is 35.5 Å². The number of nitrogens with zero attached hydrogens (tertiary/aromatic N) is 2. The number of fused-ring (bicyclic) bond motifs is 4. The van der Waals surface area contributed by atoms with Gasteiger partial charge in [0.25, 0.3) is 0 Å². The van der Waals surface area contributed by atoms with Crippen LogP contribution in [0.1, 0.15) is 35.4 Å². The van der Waals surface area contributed by atoms with Crippen LogP contribution in [0.15, 0.2) is 89.9 Å². The predicted molar refractivity (Wildman–Crippen MR) is 178 cm³/mol. The first-order valence-corrected chi connectivity index (χ1v) is 15.9. The lowest BCUT2D eigenvalue weighted by Gasteiger charge is -2.44. The van der Waals surface area contributed by atoms with Crippen molar-refractivity contribution in [1.29, 1.82) is 0 Å². The molecule has 0 spiro atoms. The number of halogens is 1. The van der Waals surface area contributed by atoms with Crippen LogP contribution in [0.3, 0.4) is 0 Å². The number of rotatable bonds is 6. The van der Waals surface area contributed by atoms with Crippen molar-refractivity contribution in [2.75, 3.05) is 16.9 Å². The average molecular weight is 680 g/mol. The van der Waals surface area contributed by atoms with E-state index in [1.165, 1.54) is 16.9 Å². The molecule has 7 rings (SSSR count). The van der Waals surface area contributed by atoms with E-state index >= 15 is 0 Å². The van der Waals surface area contributed by atoms with Crippen LogP contribution < -0.4 is 14.5 Å². The van der Waals surface area contributed by atoms with Crippen molar-refractivity contribution in [2.24, 2.45) is 29.6 Å². The van der Waals surface area contributed by atoms with Crippen LogP contribution in [0.5, 0.6) is 11.5 Å². The van der Waals surface area contributed by atoms with E-state index in [-0.39, 0.29) is 41.5 Å². The van der Waals surface area contributed by atoms with Crippen LogP contribution in [0.25, 0.3) is 12.2 Å². The Kier molecular flexibility index (Phi) is 7.31. The molecule has 3 fully saturated rings. The molecule has 2 aliphatic heterocycles. The molecule has 4 aliphatic rings. The summed E-state index contributed by atoms with van der Waals surface area (Å²) in [4.78, 5) is 59.1. The predicted octanol–water partition coefficient (Wildman–Crippen LogP) is 6.49. The number of allylic oxidation sites excluding steroid dienone is 2. The Labute approximate surface area is 274 Å². The lowest BCUT2D eigenvalue weighted by Crippen LogP contribution is -2.43. The number of carbonyl (C=O) groups excluding carboxylic acids is 4. The van der Waals surface area contributed by atoms with Crippen molar-refractivity contribution in [1.82, 2.24) is 0 Å². The summed E-state index contributed by atoms with van der Waals surface area (Å²) in [7, 11) is 1.44. The molecule has 1 saturated carbocycles. The third-order valence-corrected chi connectivity index (χ3v) is 10.7. The van der Waals surface area contributed by atoms with Crippen LogP contribution in [-0.2, 0) is 19.2 Å². The zero-order valence-electron chi connectivity index (χ0n) is 25.1. The molecule has 6 atom stereocenters. The molecule has 8 nitrogen and oxygen atoms in total. The molecule has 232 valence electrons. The van der Waals surface area contributed by atoms with Crippen molar-refractivity contribution >= 4 is 63.1 Å². The minimum Gasteiger partial charge on any atom is -0.503 e. The number of phenolic OH excluding ortho intramolecular Hbond substituents is 1. The molecular weight excluding hydrogens is 648 g/mol. The Balaban J connectivity index is 1.34. The third kappa shape index (κ3) is 4.40. The van der Waals surface area contributed by atoms with E-state index in [0.717, 1.165) is 16.7 Å². The lowest BCUT2D eigenvalue weighted by molar-refractivity contribution is -0.126. The van der Waals surface area contributed by atoms with Crippen LogP contribution in [0, 0.1) is 29.6 Å². The van der Waals surface area contributed by atoms with Gasteiger partial charge in [-0.15, -0.1) is 0 Å². The number of benzene rings is 3. The molecular formula is C37H31BrN2O6. The fourth-order valence-corrected chi connectivity index (χ4v) is 8.38. The number of hydrogen-bond donors (Lipinski definition) is 1. The number of hydrogen-bond acceptors (Lipinski definition) is 6. The smallest absolute Gasteiger partial charge is 0.238 e. The first-order chi connectivity index (χ1) is 22.2. The molecule has 3 aromatic rings. The summed E-state index contributed by atoms with van der Waals surface area (Å²) in [6.45, 7) is 7.56. The number of aromatic hydroxyl groups is 1. The first kappa shape index (κ1) is 29.9. The maximum Gasteiger partial charge on any atom is 0.238 e. The van der Waals surface area contributed by atoms with Gasteiger partial charge in [-0.1, -0.05) is 61.2 Å². The quantitative estimate of drug-likeness (QED) is 0.236. The number of phenols is 1. The Morgan fingerprint density at radius 3 is 1.87 bits per heavy atom. The summed E-state index contributed by atoms with van der Waals surface area (Å²) < 4.78 is 5.84. The molecule has 2 saturated heterocycles. The topological polar surface area (TPSA) is 104 Å². The van der Waals surface area contributed by atoms with Gasteiger partial charge in [0.05, 0.1) is 46.6 Å². The molecule has 1 N–H and O–H groups in total. The maximum absolute atomic E-state index is 14.3. The van der Waals surface area contributed by atoms with Crippen molar-refractivity contribution in [3.63, 3.8) is 0 Å². The number of amides is 4. The largest absolute Gasteiger partial charge is 0.503 e. The van der Waals surface area contributed by atoms with Gasteiger partial charge in [-0.3, -0.25) is 29.0 Å². The number of carbonyl (C=O) groups is 4. The second-order valence-electron chi connectivity index (χ2n) is 12.2. The van der Waals surface area contributed by atoms with Crippen LogP contribution >= 0.6 is 15.9 Å². The van der Waals surface area contributed by atoms with Gasteiger partial charge in [0.1, 0.15) is 0 Å².